The molecule has 0 saturated carbocycles. The highest BCUT2D eigenvalue weighted by molar-refractivity contribution is 6.42. The van der Waals surface area contributed by atoms with E-state index in [0.29, 0.717) is 22.9 Å². The van der Waals surface area contributed by atoms with Crippen LogP contribution in [-0.4, -0.2) is 5.91 Å². The molecule has 1 atom stereocenters. The van der Waals surface area contributed by atoms with E-state index in [0.717, 1.165) is 17.5 Å². The highest BCUT2D eigenvalue weighted by atomic mass is 35.5. The van der Waals surface area contributed by atoms with Gasteiger partial charge in [0.25, 0.3) is 0 Å². The van der Waals surface area contributed by atoms with Gasteiger partial charge in [0, 0.05) is 6.42 Å². The number of halogens is 2. The van der Waals surface area contributed by atoms with Crippen LogP contribution in [0.5, 0.6) is 0 Å². The maximum Gasteiger partial charge on any atom is 0.220 e. The predicted octanol–water partition coefficient (Wildman–Crippen LogP) is 5.50. The number of amides is 1. The Kier molecular flexibility index (Phi) is 6.49. The van der Waals surface area contributed by atoms with Crippen LogP contribution in [0.2, 0.25) is 10.0 Å². The van der Waals surface area contributed by atoms with Crippen molar-refractivity contribution in [3.8, 4) is 0 Å². The third-order valence-corrected chi connectivity index (χ3v) is 4.59. The van der Waals surface area contributed by atoms with Crippen molar-refractivity contribution in [1.82, 2.24) is 5.32 Å². The Bertz CT molecular complexity index is 668. The molecule has 23 heavy (non-hydrogen) atoms. The molecule has 2 nitrogen and oxygen atoms in total. The average molecular weight is 350 g/mol. The van der Waals surface area contributed by atoms with Gasteiger partial charge in [-0.15, -0.1) is 0 Å². The van der Waals surface area contributed by atoms with Crippen LogP contribution in [0.3, 0.4) is 0 Å². The van der Waals surface area contributed by atoms with Crippen LogP contribution in [0, 0.1) is 6.92 Å². The van der Waals surface area contributed by atoms with Crippen molar-refractivity contribution < 1.29 is 4.79 Å². The van der Waals surface area contributed by atoms with Crippen LogP contribution in [0.25, 0.3) is 0 Å². The van der Waals surface area contributed by atoms with Gasteiger partial charge in [-0.2, -0.15) is 0 Å². The topological polar surface area (TPSA) is 29.1 Å². The summed E-state index contributed by atoms with van der Waals surface area (Å²) in [5, 5.41) is 4.16. The summed E-state index contributed by atoms with van der Waals surface area (Å²) in [6.45, 7) is 4.13. The van der Waals surface area contributed by atoms with Gasteiger partial charge in [0.1, 0.15) is 0 Å². The zero-order chi connectivity index (χ0) is 16.8. The molecule has 0 radical (unpaired) electrons. The molecule has 0 bridgehead atoms. The third-order valence-electron chi connectivity index (χ3n) is 3.85. The van der Waals surface area contributed by atoms with E-state index in [2.05, 4.69) is 43.4 Å². The Labute approximate surface area is 147 Å². The van der Waals surface area contributed by atoms with Crippen LogP contribution < -0.4 is 5.32 Å². The smallest absolute Gasteiger partial charge is 0.220 e. The number of rotatable bonds is 6. The molecule has 0 saturated heterocycles. The van der Waals surface area contributed by atoms with Crippen molar-refractivity contribution in [2.45, 2.75) is 39.2 Å². The highest BCUT2D eigenvalue weighted by Crippen LogP contribution is 2.23. The van der Waals surface area contributed by atoms with Gasteiger partial charge >= 0.3 is 0 Å². The lowest BCUT2D eigenvalue weighted by Gasteiger charge is -2.18. The summed E-state index contributed by atoms with van der Waals surface area (Å²) in [6, 6.07) is 13.8. The van der Waals surface area contributed by atoms with Gasteiger partial charge in [-0.1, -0.05) is 66.0 Å². The number of hydrogen-bond acceptors (Lipinski definition) is 1. The SMILES string of the molecule is CC[C@H](NC(=O)CCc1ccc(Cl)c(Cl)c1)c1ccc(C)cc1. The van der Waals surface area contributed by atoms with Gasteiger partial charge in [-0.3, -0.25) is 4.79 Å². The Balaban J connectivity index is 1.92. The summed E-state index contributed by atoms with van der Waals surface area (Å²) >= 11 is 11.9. The molecular weight excluding hydrogens is 329 g/mol. The first-order valence-electron chi connectivity index (χ1n) is 7.79. The number of hydrogen-bond donors (Lipinski definition) is 1. The van der Waals surface area contributed by atoms with Gasteiger partial charge in [0.2, 0.25) is 5.91 Å². The average Bonchev–Trinajstić information content (AvgIpc) is 2.54. The largest absolute Gasteiger partial charge is 0.349 e. The lowest BCUT2D eigenvalue weighted by atomic mass is 10.0. The van der Waals surface area contributed by atoms with Crippen molar-refractivity contribution >= 4 is 29.1 Å². The minimum absolute atomic E-state index is 0.0449. The second-order valence-electron chi connectivity index (χ2n) is 5.69. The van der Waals surface area contributed by atoms with E-state index in [-0.39, 0.29) is 11.9 Å². The number of nitrogens with one attached hydrogen (secondary N) is 1. The van der Waals surface area contributed by atoms with Crippen molar-refractivity contribution in [2.75, 3.05) is 0 Å². The fraction of sp³-hybridized carbons (Fsp3) is 0.316. The highest BCUT2D eigenvalue weighted by Gasteiger charge is 2.12. The lowest BCUT2D eigenvalue weighted by Crippen LogP contribution is -2.28. The monoisotopic (exact) mass is 349 g/mol. The van der Waals surface area contributed by atoms with Gasteiger partial charge in [-0.25, -0.2) is 0 Å². The van der Waals surface area contributed by atoms with Crippen molar-refractivity contribution in [3.05, 3.63) is 69.2 Å². The molecule has 0 spiro atoms. The summed E-state index contributed by atoms with van der Waals surface area (Å²) in [7, 11) is 0. The van der Waals surface area contributed by atoms with Gasteiger partial charge in [0.05, 0.1) is 16.1 Å². The first-order chi connectivity index (χ1) is 11.0. The van der Waals surface area contributed by atoms with E-state index >= 15 is 0 Å². The van der Waals surface area contributed by atoms with Crippen molar-refractivity contribution in [3.63, 3.8) is 0 Å². The molecule has 2 aromatic carbocycles. The summed E-state index contributed by atoms with van der Waals surface area (Å²) in [6.07, 6.45) is 1.94. The standard InChI is InChI=1S/C19H21Cl2NO/c1-3-18(15-8-4-13(2)5-9-15)22-19(23)11-7-14-6-10-16(20)17(21)12-14/h4-6,8-10,12,18H,3,7,11H2,1-2H3,(H,22,23)/t18-/m0/s1. The van der Waals surface area contributed by atoms with E-state index < -0.39 is 0 Å². The third kappa shape index (κ3) is 5.26. The van der Waals surface area contributed by atoms with Crippen LogP contribution in [0.15, 0.2) is 42.5 Å². The number of benzene rings is 2. The number of carbonyl (C=O) groups excluding carboxylic acids is 1. The van der Waals surface area contributed by atoms with Gasteiger partial charge in [-0.05, 0) is 43.0 Å². The van der Waals surface area contributed by atoms with E-state index in [9.17, 15) is 4.79 Å². The van der Waals surface area contributed by atoms with E-state index in [1.807, 2.05) is 12.1 Å². The van der Waals surface area contributed by atoms with Crippen LogP contribution in [-0.2, 0) is 11.2 Å². The molecule has 1 amide bonds. The summed E-state index contributed by atoms with van der Waals surface area (Å²) in [4.78, 5) is 12.2. The van der Waals surface area contributed by atoms with E-state index in [1.165, 1.54) is 5.56 Å². The van der Waals surface area contributed by atoms with Crippen molar-refractivity contribution in [1.29, 1.82) is 0 Å². The molecule has 0 aliphatic rings. The fourth-order valence-electron chi connectivity index (χ4n) is 2.44. The molecule has 122 valence electrons. The summed E-state index contributed by atoms with van der Waals surface area (Å²) < 4.78 is 0. The molecular formula is C19H21Cl2NO. The molecule has 0 fully saturated rings. The Morgan fingerprint density at radius 2 is 1.78 bits per heavy atom. The number of carbonyl (C=O) groups is 1. The Morgan fingerprint density at radius 1 is 1.09 bits per heavy atom. The normalized spacial score (nSPS) is 12.0. The van der Waals surface area contributed by atoms with Crippen LogP contribution in [0.1, 0.15) is 42.5 Å². The molecule has 1 N–H and O–H groups in total. The van der Waals surface area contributed by atoms with Crippen LogP contribution in [0.4, 0.5) is 0 Å². The molecule has 0 aromatic heterocycles. The first-order valence-corrected chi connectivity index (χ1v) is 8.55. The second-order valence-corrected chi connectivity index (χ2v) is 6.50. The van der Waals surface area contributed by atoms with E-state index in [1.54, 1.807) is 6.07 Å². The van der Waals surface area contributed by atoms with Gasteiger partial charge in [0.15, 0.2) is 0 Å². The maximum atomic E-state index is 12.2. The molecule has 2 aromatic rings. The molecule has 0 aliphatic carbocycles. The molecule has 0 heterocycles. The molecule has 2 rings (SSSR count). The zero-order valence-corrected chi connectivity index (χ0v) is 14.9. The molecule has 0 unspecified atom stereocenters. The zero-order valence-electron chi connectivity index (χ0n) is 13.4. The predicted molar refractivity (Wildman–Crippen MR) is 97.1 cm³/mol. The fourth-order valence-corrected chi connectivity index (χ4v) is 2.76. The lowest BCUT2D eigenvalue weighted by molar-refractivity contribution is -0.121. The summed E-state index contributed by atoms with van der Waals surface area (Å²) in [5.74, 6) is 0.0449. The quantitative estimate of drug-likeness (QED) is 0.732. The van der Waals surface area contributed by atoms with E-state index in [4.69, 9.17) is 23.2 Å². The number of aryl methyl sites for hydroxylation is 2. The second kappa shape index (κ2) is 8.37. The maximum absolute atomic E-state index is 12.2. The molecule has 4 heteroatoms. The minimum atomic E-state index is 0.0449. The minimum Gasteiger partial charge on any atom is -0.349 e. The van der Waals surface area contributed by atoms with Crippen LogP contribution >= 0.6 is 23.2 Å². The Morgan fingerprint density at radius 3 is 2.39 bits per heavy atom. The van der Waals surface area contributed by atoms with Crippen molar-refractivity contribution in [2.24, 2.45) is 0 Å². The summed E-state index contributed by atoms with van der Waals surface area (Å²) in [5.41, 5.74) is 3.37. The molecule has 0 aliphatic heterocycles. The van der Waals surface area contributed by atoms with Gasteiger partial charge < -0.3 is 5.32 Å². The first kappa shape index (κ1) is 17.8. The Hall–Kier alpha value is -1.51.